The Morgan fingerprint density at radius 2 is 1.24 bits per heavy atom. The van der Waals surface area contributed by atoms with Crippen LogP contribution in [0.15, 0.2) is 0 Å². The fourth-order valence-electron chi connectivity index (χ4n) is 1.39. The number of hydrogen-bond donors (Lipinski definition) is 1. The van der Waals surface area contributed by atoms with Gasteiger partial charge in [-0.25, -0.2) is 0 Å². The Kier molecular flexibility index (Phi) is 27.9. The van der Waals surface area contributed by atoms with Crippen LogP contribution in [0.25, 0.3) is 0 Å². The standard InChI is InChI=1S/C7H17NO.C5H13N.C4H11NS/c1-4-5-8(2)6-7-9-3;1-4-5-6(2)3;1-5(2)3-4-6/h4-7H2,1-3H3;4-5H2,1-3H3;6H,3-4H2,1-2H3. The minimum absolute atomic E-state index is 0.844. The van der Waals surface area contributed by atoms with E-state index in [1.807, 2.05) is 14.1 Å². The first-order valence-corrected chi connectivity index (χ1v) is 8.56. The van der Waals surface area contributed by atoms with Gasteiger partial charge in [-0.1, -0.05) is 13.8 Å². The Morgan fingerprint density at radius 3 is 1.43 bits per heavy atom. The number of methoxy groups -OCH3 is 1. The lowest BCUT2D eigenvalue weighted by Crippen LogP contribution is -2.23. The Bertz CT molecular complexity index is 160. The van der Waals surface area contributed by atoms with Crippen LogP contribution in [0.1, 0.15) is 26.7 Å². The predicted octanol–water partition coefficient (Wildman–Crippen LogP) is 2.41. The zero-order valence-corrected chi connectivity index (χ0v) is 16.7. The summed E-state index contributed by atoms with van der Waals surface area (Å²) in [6, 6.07) is 0. The third-order valence-corrected chi connectivity index (χ3v) is 2.70. The molecule has 4 nitrogen and oxygen atoms in total. The minimum Gasteiger partial charge on any atom is -0.383 e. The second-order valence-corrected chi connectivity index (χ2v) is 6.07. The van der Waals surface area contributed by atoms with E-state index in [-0.39, 0.29) is 0 Å². The molecule has 0 aromatic heterocycles. The average Bonchev–Trinajstić information content (AvgIpc) is 2.38. The number of thiol groups is 1. The molecule has 0 heterocycles. The first-order chi connectivity index (χ1) is 9.85. The van der Waals surface area contributed by atoms with Gasteiger partial charge >= 0.3 is 0 Å². The lowest BCUT2D eigenvalue weighted by Gasteiger charge is -2.13. The maximum Gasteiger partial charge on any atom is 0.0589 e. The van der Waals surface area contributed by atoms with Gasteiger partial charge < -0.3 is 19.4 Å². The molecule has 5 heteroatoms. The highest BCUT2D eigenvalue weighted by Crippen LogP contribution is 1.84. The van der Waals surface area contributed by atoms with Crippen LogP contribution in [0.3, 0.4) is 0 Å². The molecule has 0 unspecified atom stereocenters. The van der Waals surface area contributed by atoms with Gasteiger partial charge in [0, 0.05) is 26.0 Å². The lowest BCUT2D eigenvalue weighted by molar-refractivity contribution is 0.161. The maximum atomic E-state index is 4.92. The van der Waals surface area contributed by atoms with E-state index < -0.39 is 0 Å². The highest BCUT2D eigenvalue weighted by Gasteiger charge is 1.92. The van der Waals surface area contributed by atoms with Crippen molar-refractivity contribution >= 4 is 12.6 Å². The van der Waals surface area contributed by atoms with Gasteiger partial charge in [0.25, 0.3) is 0 Å². The normalized spacial score (nSPS) is 10.3. The van der Waals surface area contributed by atoms with Crippen LogP contribution in [0.4, 0.5) is 0 Å². The Labute approximate surface area is 140 Å². The third kappa shape index (κ3) is 38.4. The van der Waals surface area contributed by atoms with E-state index >= 15 is 0 Å². The van der Waals surface area contributed by atoms with Gasteiger partial charge in [0.15, 0.2) is 0 Å². The monoisotopic (exact) mass is 323 g/mol. The molecular formula is C16H41N3OS. The second-order valence-electron chi connectivity index (χ2n) is 5.63. The molecule has 0 amide bonds. The summed E-state index contributed by atoms with van der Waals surface area (Å²) in [5.41, 5.74) is 0. The predicted molar refractivity (Wildman–Crippen MR) is 101 cm³/mol. The van der Waals surface area contributed by atoms with Crippen molar-refractivity contribution < 1.29 is 4.74 Å². The first-order valence-electron chi connectivity index (χ1n) is 7.93. The number of likely N-dealkylation sites (N-methyl/N-ethyl adjacent to an activating group) is 1. The minimum atomic E-state index is 0.844. The van der Waals surface area contributed by atoms with Crippen molar-refractivity contribution in [2.45, 2.75) is 26.7 Å². The van der Waals surface area contributed by atoms with E-state index in [0.717, 1.165) is 25.4 Å². The molecule has 0 N–H and O–H groups in total. The molecule has 0 aromatic rings. The van der Waals surface area contributed by atoms with Crippen molar-refractivity contribution in [1.29, 1.82) is 0 Å². The van der Waals surface area contributed by atoms with Crippen molar-refractivity contribution in [2.24, 2.45) is 0 Å². The second kappa shape index (κ2) is 22.5. The summed E-state index contributed by atoms with van der Waals surface area (Å²) >= 11 is 4.02. The summed E-state index contributed by atoms with van der Waals surface area (Å²) in [4.78, 5) is 6.55. The summed E-state index contributed by atoms with van der Waals surface area (Å²) < 4.78 is 4.92. The summed E-state index contributed by atoms with van der Waals surface area (Å²) in [5, 5.41) is 0. The molecule has 0 aromatic carbocycles. The van der Waals surface area contributed by atoms with Crippen LogP contribution in [0.5, 0.6) is 0 Å². The molecule has 0 bridgehead atoms. The van der Waals surface area contributed by atoms with Crippen LogP contribution < -0.4 is 0 Å². The largest absolute Gasteiger partial charge is 0.383 e. The number of hydrogen-bond acceptors (Lipinski definition) is 5. The molecule has 0 saturated heterocycles. The quantitative estimate of drug-likeness (QED) is 0.657. The fraction of sp³-hybridized carbons (Fsp3) is 1.00. The molecular weight excluding hydrogens is 282 g/mol. The summed E-state index contributed by atoms with van der Waals surface area (Å²) in [6.45, 7) is 9.70. The molecule has 0 rings (SSSR count). The Balaban J connectivity index is -0.000000240. The van der Waals surface area contributed by atoms with E-state index in [9.17, 15) is 0 Å². The van der Waals surface area contributed by atoms with Gasteiger partial charge in [0.1, 0.15) is 0 Å². The summed E-state index contributed by atoms with van der Waals surface area (Å²) in [7, 11) is 12.1. The maximum absolute atomic E-state index is 4.92. The van der Waals surface area contributed by atoms with E-state index in [1.165, 1.54) is 25.9 Å². The zero-order chi connectivity index (χ0) is 17.1. The van der Waals surface area contributed by atoms with Crippen molar-refractivity contribution in [2.75, 3.05) is 80.9 Å². The number of ether oxygens (including phenoxy) is 1. The molecule has 0 aliphatic carbocycles. The van der Waals surface area contributed by atoms with Crippen LogP contribution in [-0.2, 0) is 4.74 Å². The molecule has 132 valence electrons. The zero-order valence-electron chi connectivity index (χ0n) is 15.9. The molecule has 0 atom stereocenters. The molecule has 0 aliphatic heterocycles. The molecule has 0 fully saturated rings. The van der Waals surface area contributed by atoms with Gasteiger partial charge in [0.2, 0.25) is 0 Å². The van der Waals surface area contributed by atoms with Crippen LogP contribution in [0, 0.1) is 0 Å². The van der Waals surface area contributed by atoms with Gasteiger partial charge in [-0.3, -0.25) is 0 Å². The van der Waals surface area contributed by atoms with Crippen molar-refractivity contribution in [3.8, 4) is 0 Å². The van der Waals surface area contributed by atoms with Gasteiger partial charge in [-0.15, -0.1) is 0 Å². The topological polar surface area (TPSA) is 19.0 Å². The molecule has 0 radical (unpaired) electrons. The van der Waals surface area contributed by atoms with Crippen LogP contribution in [-0.4, -0.2) is 95.6 Å². The number of nitrogens with zero attached hydrogens (tertiary/aromatic N) is 3. The molecule has 0 saturated carbocycles. The average molecular weight is 324 g/mol. The first kappa shape index (κ1) is 26.1. The van der Waals surface area contributed by atoms with Crippen LogP contribution >= 0.6 is 12.6 Å². The van der Waals surface area contributed by atoms with Gasteiger partial charge in [-0.2, -0.15) is 12.6 Å². The summed E-state index contributed by atoms with van der Waals surface area (Å²) in [5.74, 6) is 0.951. The van der Waals surface area contributed by atoms with E-state index in [1.54, 1.807) is 7.11 Å². The van der Waals surface area contributed by atoms with E-state index in [2.05, 4.69) is 62.3 Å². The van der Waals surface area contributed by atoms with Crippen molar-refractivity contribution in [3.63, 3.8) is 0 Å². The Morgan fingerprint density at radius 1 is 0.762 bits per heavy atom. The molecule has 0 spiro atoms. The SMILES string of the molecule is CCCN(C)C.CCCN(C)CCOC.CN(C)CCS. The fourth-order valence-corrected chi connectivity index (χ4v) is 1.79. The smallest absolute Gasteiger partial charge is 0.0589 e. The summed E-state index contributed by atoms with van der Waals surface area (Å²) in [6.07, 6.45) is 2.48. The number of rotatable bonds is 9. The highest BCUT2D eigenvalue weighted by atomic mass is 32.1. The van der Waals surface area contributed by atoms with Gasteiger partial charge in [-0.05, 0) is 61.2 Å². The van der Waals surface area contributed by atoms with Crippen molar-refractivity contribution in [3.05, 3.63) is 0 Å². The molecule has 0 aliphatic rings. The Hall–Kier alpha value is 0.190. The van der Waals surface area contributed by atoms with Crippen LogP contribution in [0.2, 0.25) is 0 Å². The highest BCUT2D eigenvalue weighted by molar-refractivity contribution is 7.80. The lowest BCUT2D eigenvalue weighted by atomic mass is 10.4. The van der Waals surface area contributed by atoms with E-state index in [4.69, 9.17) is 4.74 Å². The third-order valence-electron chi connectivity index (χ3n) is 2.50. The molecule has 21 heavy (non-hydrogen) atoms. The van der Waals surface area contributed by atoms with Crippen molar-refractivity contribution in [1.82, 2.24) is 14.7 Å². The van der Waals surface area contributed by atoms with Gasteiger partial charge in [0.05, 0.1) is 6.61 Å². The van der Waals surface area contributed by atoms with E-state index in [0.29, 0.717) is 0 Å².